The fourth-order valence-corrected chi connectivity index (χ4v) is 1.37. The van der Waals surface area contributed by atoms with Crippen molar-refractivity contribution in [2.24, 2.45) is 0 Å². The lowest BCUT2D eigenvalue weighted by Crippen LogP contribution is -2.46. The Bertz CT molecular complexity index is 175. The van der Waals surface area contributed by atoms with Crippen LogP contribution in [0.5, 0.6) is 0 Å². The van der Waals surface area contributed by atoms with Crippen molar-refractivity contribution in [2.45, 2.75) is 31.8 Å². The van der Waals surface area contributed by atoms with E-state index < -0.39 is 5.60 Å². The van der Waals surface area contributed by atoms with Crippen molar-refractivity contribution in [3.8, 4) is 0 Å². The number of hydrogen-bond acceptors (Lipinski definition) is 2. The van der Waals surface area contributed by atoms with Gasteiger partial charge in [0.25, 0.3) is 0 Å². The normalized spacial score (nSPS) is 22.1. The lowest BCUT2D eigenvalue weighted by molar-refractivity contribution is -0.0306. The van der Waals surface area contributed by atoms with E-state index in [1.54, 1.807) is 5.54 Å². The van der Waals surface area contributed by atoms with Gasteiger partial charge in [0, 0.05) is 18.6 Å². The summed E-state index contributed by atoms with van der Waals surface area (Å²) in [4.78, 5) is 0. The van der Waals surface area contributed by atoms with Gasteiger partial charge in [-0.05, 0) is 31.8 Å². The quantitative estimate of drug-likeness (QED) is 0.705. The Morgan fingerprint density at radius 3 is 2.75 bits per heavy atom. The van der Waals surface area contributed by atoms with Crippen LogP contribution in [0.2, 0.25) is 0 Å². The van der Waals surface area contributed by atoms with Crippen LogP contribution in [0.15, 0.2) is 11.1 Å². The summed E-state index contributed by atoms with van der Waals surface area (Å²) in [6.07, 6.45) is 3.02. The van der Waals surface area contributed by atoms with E-state index >= 15 is 0 Å². The average Bonchev–Trinajstić information content (AvgIpc) is 2.01. The van der Waals surface area contributed by atoms with Crippen LogP contribution >= 0.6 is 11.6 Å². The smallest absolute Gasteiger partial charge is 0.0771 e. The molecule has 70 valence electrons. The number of hydrogen-bond donors (Lipinski definition) is 2. The van der Waals surface area contributed by atoms with E-state index in [2.05, 4.69) is 5.32 Å². The van der Waals surface area contributed by atoms with Crippen LogP contribution in [-0.4, -0.2) is 23.8 Å². The fourth-order valence-electron chi connectivity index (χ4n) is 1.29. The van der Waals surface area contributed by atoms with E-state index in [1.807, 2.05) is 6.92 Å². The van der Waals surface area contributed by atoms with E-state index in [-0.39, 0.29) is 0 Å². The van der Waals surface area contributed by atoms with E-state index in [4.69, 9.17) is 11.6 Å². The van der Waals surface area contributed by atoms with Crippen molar-refractivity contribution in [3.63, 3.8) is 0 Å². The second-order valence-electron chi connectivity index (χ2n) is 3.64. The van der Waals surface area contributed by atoms with Crippen molar-refractivity contribution >= 4 is 11.6 Å². The average molecular weight is 190 g/mol. The molecule has 0 aromatic heterocycles. The van der Waals surface area contributed by atoms with Gasteiger partial charge in [-0.2, -0.15) is 0 Å². The fraction of sp³-hybridized carbons (Fsp3) is 0.778. The lowest BCUT2D eigenvalue weighted by atomic mass is 9.80. The summed E-state index contributed by atoms with van der Waals surface area (Å²) in [5, 5.41) is 12.9. The van der Waals surface area contributed by atoms with Crippen molar-refractivity contribution in [1.82, 2.24) is 5.32 Å². The zero-order chi connectivity index (χ0) is 9.03. The highest BCUT2D eigenvalue weighted by atomic mass is 35.5. The molecule has 1 aliphatic rings. The molecule has 2 N–H and O–H groups in total. The molecule has 1 fully saturated rings. The minimum atomic E-state index is -0.424. The summed E-state index contributed by atoms with van der Waals surface area (Å²) in [7, 11) is 0. The Morgan fingerprint density at radius 1 is 1.67 bits per heavy atom. The monoisotopic (exact) mass is 189 g/mol. The molecule has 0 saturated heterocycles. The van der Waals surface area contributed by atoms with Gasteiger partial charge in [-0.3, -0.25) is 0 Å². The molecule has 0 aromatic carbocycles. The SMILES string of the molecule is CC(=CCl)CNCC1(O)CCC1. The highest BCUT2D eigenvalue weighted by Gasteiger charge is 2.33. The molecule has 0 atom stereocenters. The van der Waals surface area contributed by atoms with Gasteiger partial charge in [-0.1, -0.05) is 11.6 Å². The first-order chi connectivity index (χ1) is 5.66. The topological polar surface area (TPSA) is 32.3 Å². The molecule has 2 nitrogen and oxygen atoms in total. The van der Waals surface area contributed by atoms with Crippen molar-refractivity contribution in [2.75, 3.05) is 13.1 Å². The van der Waals surface area contributed by atoms with E-state index in [0.717, 1.165) is 31.4 Å². The van der Waals surface area contributed by atoms with Gasteiger partial charge in [-0.15, -0.1) is 0 Å². The minimum Gasteiger partial charge on any atom is -0.389 e. The van der Waals surface area contributed by atoms with Crippen LogP contribution in [0.25, 0.3) is 0 Å². The Morgan fingerprint density at radius 2 is 2.33 bits per heavy atom. The molecule has 0 amide bonds. The van der Waals surface area contributed by atoms with Crippen LogP contribution < -0.4 is 5.32 Å². The van der Waals surface area contributed by atoms with Gasteiger partial charge >= 0.3 is 0 Å². The van der Waals surface area contributed by atoms with E-state index in [9.17, 15) is 5.11 Å². The van der Waals surface area contributed by atoms with E-state index in [0.29, 0.717) is 6.54 Å². The van der Waals surface area contributed by atoms with Gasteiger partial charge in [0.1, 0.15) is 0 Å². The van der Waals surface area contributed by atoms with Crippen LogP contribution in [0.1, 0.15) is 26.2 Å². The molecule has 12 heavy (non-hydrogen) atoms. The maximum absolute atomic E-state index is 9.68. The first-order valence-corrected chi connectivity index (χ1v) is 4.79. The van der Waals surface area contributed by atoms with Gasteiger partial charge in [0.05, 0.1) is 5.60 Å². The van der Waals surface area contributed by atoms with Gasteiger partial charge in [0.15, 0.2) is 0 Å². The Kier molecular flexibility index (Phi) is 3.56. The minimum absolute atomic E-state index is 0.424. The highest BCUT2D eigenvalue weighted by molar-refractivity contribution is 6.25. The van der Waals surface area contributed by atoms with Crippen LogP contribution in [-0.2, 0) is 0 Å². The third-order valence-corrected chi connectivity index (χ3v) is 2.70. The summed E-state index contributed by atoms with van der Waals surface area (Å²) < 4.78 is 0. The molecule has 0 heterocycles. The molecular formula is C9H16ClNO. The molecule has 0 unspecified atom stereocenters. The summed E-state index contributed by atoms with van der Waals surface area (Å²) in [5.74, 6) is 0. The molecule has 0 radical (unpaired) electrons. The molecule has 0 aliphatic heterocycles. The molecule has 1 rings (SSSR count). The van der Waals surface area contributed by atoms with Crippen molar-refractivity contribution in [3.05, 3.63) is 11.1 Å². The summed E-state index contributed by atoms with van der Waals surface area (Å²) in [6.45, 7) is 3.42. The molecule has 1 saturated carbocycles. The molecule has 1 aliphatic carbocycles. The number of halogens is 1. The molecule has 0 aromatic rings. The highest BCUT2D eigenvalue weighted by Crippen LogP contribution is 2.30. The van der Waals surface area contributed by atoms with Crippen LogP contribution in [0.4, 0.5) is 0 Å². The van der Waals surface area contributed by atoms with E-state index in [1.165, 1.54) is 0 Å². The van der Waals surface area contributed by atoms with Crippen molar-refractivity contribution in [1.29, 1.82) is 0 Å². The predicted octanol–water partition coefficient (Wildman–Crippen LogP) is 1.63. The second-order valence-corrected chi connectivity index (χ2v) is 3.86. The largest absolute Gasteiger partial charge is 0.389 e. The summed E-state index contributed by atoms with van der Waals surface area (Å²) in [6, 6.07) is 0. The lowest BCUT2D eigenvalue weighted by Gasteiger charge is -2.36. The summed E-state index contributed by atoms with van der Waals surface area (Å²) in [5.41, 5.74) is 2.24. The Balaban J connectivity index is 2.09. The third kappa shape index (κ3) is 2.77. The standard InChI is InChI=1S/C9H16ClNO/c1-8(5-10)6-11-7-9(12)3-2-4-9/h5,11-12H,2-4,6-7H2,1H3. The molecular weight excluding hydrogens is 174 g/mol. The van der Waals surface area contributed by atoms with Gasteiger partial charge < -0.3 is 10.4 Å². The van der Waals surface area contributed by atoms with Gasteiger partial charge in [0.2, 0.25) is 0 Å². The molecule has 0 spiro atoms. The number of rotatable bonds is 4. The van der Waals surface area contributed by atoms with Gasteiger partial charge in [-0.25, -0.2) is 0 Å². The zero-order valence-electron chi connectivity index (χ0n) is 7.44. The first-order valence-electron chi connectivity index (χ1n) is 4.35. The predicted molar refractivity (Wildman–Crippen MR) is 51.3 cm³/mol. The molecule has 3 heteroatoms. The Labute approximate surface area is 78.6 Å². The van der Waals surface area contributed by atoms with Crippen molar-refractivity contribution < 1.29 is 5.11 Å². The Hall–Kier alpha value is -0.0500. The zero-order valence-corrected chi connectivity index (χ0v) is 8.19. The second kappa shape index (κ2) is 4.26. The maximum atomic E-state index is 9.68. The first kappa shape index (κ1) is 10.0. The molecule has 0 bridgehead atoms. The van der Waals surface area contributed by atoms with Crippen LogP contribution in [0, 0.1) is 0 Å². The third-order valence-electron chi connectivity index (χ3n) is 2.33. The number of nitrogens with one attached hydrogen (secondary N) is 1. The maximum Gasteiger partial charge on any atom is 0.0771 e. The number of aliphatic hydroxyl groups is 1. The summed E-state index contributed by atoms with van der Waals surface area (Å²) >= 11 is 5.49. The van der Waals surface area contributed by atoms with Crippen LogP contribution in [0.3, 0.4) is 0 Å².